The van der Waals surface area contributed by atoms with Crippen LogP contribution in [0.25, 0.3) is 5.57 Å². The molecule has 1 heterocycles. The van der Waals surface area contributed by atoms with Gasteiger partial charge >= 0.3 is 5.97 Å². The van der Waals surface area contributed by atoms with Crippen LogP contribution in [0.5, 0.6) is 0 Å². The summed E-state index contributed by atoms with van der Waals surface area (Å²) in [5.74, 6) is -0.908. The topological polar surface area (TPSA) is 40.5 Å². The highest BCUT2D eigenvalue weighted by Crippen LogP contribution is 2.31. The molecule has 0 spiro atoms. The molecule has 1 atom stereocenters. The Labute approximate surface area is 166 Å². The Bertz CT molecular complexity index is 783. The molecule has 0 bridgehead atoms. The third-order valence-electron chi connectivity index (χ3n) is 5.25. The molecule has 27 heavy (non-hydrogen) atoms. The molecule has 1 aliphatic rings. The van der Waals surface area contributed by atoms with Gasteiger partial charge in [-0.25, -0.2) is 0 Å². The van der Waals surface area contributed by atoms with Crippen molar-refractivity contribution in [2.24, 2.45) is 5.92 Å². The summed E-state index contributed by atoms with van der Waals surface area (Å²) in [4.78, 5) is 13.5. The van der Waals surface area contributed by atoms with Gasteiger partial charge in [0.25, 0.3) is 0 Å². The minimum absolute atomic E-state index is 0.234. The van der Waals surface area contributed by atoms with Gasteiger partial charge in [-0.3, -0.25) is 4.79 Å². The molecule has 0 aromatic heterocycles. The second-order valence-corrected chi connectivity index (χ2v) is 7.59. The van der Waals surface area contributed by atoms with E-state index in [1.807, 2.05) is 24.3 Å². The lowest BCUT2D eigenvalue weighted by molar-refractivity contribution is -0.143. The van der Waals surface area contributed by atoms with Crippen molar-refractivity contribution in [1.29, 1.82) is 0 Å². The molecule has 1 saturated heterocycles. The fourth-order valence-electron chi connectivity index (χ4n) is 3.77. The highest BCUT2D eigenvalue weighted by Gasteiger charge is 2.24. The third kappa shape index (κ3) is 5.00. The second-order valence-electron chi connectivity index (χ2n) is 7.18. The number of likely N-dealkylation sites (tertiary alicyclic amines) is 1. The summed E-state index contributed by atoms with van der Waals surface area (Å²) >= 11 is 6.49. The largest absolute Gasteiger partial charge is 0.481 e. The first kappa shape index (κ1) is 19.7. The molecule has 0 aliphatic carbocycles. The average Bonchev–Trinajstić information content (AvgIpc) is 2.67. The molecule has 0 radical (unpaired) electrons. The smallest absolute Gasteiger partial charge is 0.307 e. The van der Waals surface area contributed by atoms with Gasteiger partial charge in [0.15, 0.2) is 0 Å². The molecular weight excluding hydrogens is 358 g/mol. The van der Waals surface area contributed by atoms with Crippen molar-refractivity contribution < 1.29 is 9.90 Å². The minimum Gasteiger partial charge on any atom is -0.481 e. The van der Waals surface area contributed by atoms with Gasteiger partial charge in [0.1, 0.15) is 0 Å². The van der Waals surface area contributed by atoms with Crippen LogP contribution in [0, 0.1) is 12.8 Å². The summed E-state index contributed by atoms with van der Waals surface area (Å²) in [7, 11) is 0. The number of rotatable bonds is 6. The number of hydrogen-bond acceptors (Lipinski definition) is 2. The lowest BCUT2D eigenvalue weighted by Gasteiger charge is -2.30. The van der Waals surface area contributed by atoms with Crippen LogP contribution < -0.4 is 0 Å². The maximum absolute atomic E-state index is 11.3. The number of carbonyl (C=O) groups is 1. The third-order valence-corrected chi connectivity index (χ3v) is 5.58. The summed E-state index contributed by atoms with van der Waals surface area (Å²) in [5.41, 5.74) is 4.58. The second kappa shape index (κ2) is 9.20. The maximum Gasteiger partial charge on any atom is 0.307 e. The van der Waals surface area contributed by atoms with E-state index in [2.05, 4.69) is 42.2 Å². The number of carboxylic acids is 1. The van der Waals surface area contributed by atoms with Crippen molar-refractivity contribution in [1.82, 2.24) is 4.90 Å². The summed E-state index contributed by atoms with van der Waals surface area (Å²) in [5, 5.41) is 10.0. The SMILES string of the molecule is Cc1ccccc1/C(=C\CCN1CCC[C@@H](C(=O)O)C1)c1ccccc1Cl. The zero-order chi connectivity index (χ0) is 19.2. The average molecular weight is 384 g/mol. The first-order valence-electron chi connectivity index (χ1n) is 9.52. The molecule has 4 heteroatoms. The molecule has 1 fully saturated rings. The molecule has 1 aliphatic heterocycles. The number of aliphatic carboxylic acids is 1. The molecule has 0 amide bonds. The quantitative estimate of drug-likeness (QED) is 0.738. The van der Waals surface area contributed by atoms with E-state index in [1.54, 1.807) is 0 Å². The Kier molecular flexibility index (Phi) is 6.70. The van der Waals surface area contributed by atoms with Gasteiger partial charge in [-0.05, 0) is 55.5 Å². The standard InChI is InChI=1S/C23H26ClNO2/c1-17-8-2-3-10-19(17)20(21-11-4-5-13-22(21)24)12-7-15-25-14-6-9-18(16-25)23(26)27/h2-5,8,10-13,18H,6-7,9,14-16H2,1H3,(H,26,27)/b20-12+/t18-/m1/s1. The number of aryl methyl sites for hydroxylation is 1. The highest BCUT2D eigenvalue weighted by molar-refractivity contribution is 6.32. The molecule has 142 valence electrons. The summed E-state index contributed by atoms with van der Waals surface area (Å²) in [6, 6.07) is 16.3. The van der Waals surface area contributed by atoms with E-state index in [0.717, 1.165) is 48.5 Å². The van der Waals surface area contributed by atoms with Crippen molar-refractivity contribution in [2.75, 3.05) is 19.6 Å². The maximum atomic E-state index is 11.3. The van der Waals surface area contributed by atoms with E-state index < -0.39 is 5.97 Å². The minimum atomic E-state index is -0.674. The fourth-order valence-corrected chi connectivity index (χ4v) is 4.01. The predicted octanol–water partition coefficient (Wildman–Crippen LogP) is 5.27. The molecule has 1 N–H and O–H groups in total. The van der Waals surface area contributed by atoms with Gasteiger partial charge in [-0.1, -0.05) is 60.1 Å². The van der Waals surface area contributed by atoms with Gasteiger partial charge in [-0.2, -0.15) is 0 Å². The van der Waals surface area contributed by atoms with Crippen LogP contribution in [0.3, 0.4) is 0 Å². The van der Waals surface area contributed by atoms with E-state index in [1.165, 1.54) is 11.1 Å². The van der Waals surface area contributed by atoms with Crippen molar-refractivity contribution in [2.45, 2.75) is 26.2 Å². The Balaban J connectivity index is 1.80. The Morgan fingerprint density at radius 3 is 2.59 bits per heavy atom. The van der Waals surface area contributed by atoms with Crippen molar-refractivity contribution in [3.05, 3.63) is 76.3 Å². The van der Waals surface area contributed by atoms with Gasteiger partial charge in [-0.15, -0.1) is 0 Å². The first-order valence-corrected chi connectivity index (χ1v) is 9.90. The summed E-state index contributed by atoms with van der Waals surface area (Å²) in [6.45, 7) is 4.60. The monoisotopic (exact) mass is 383 g/mol. The van der Waals surface area contributed by atoms with Crippen LogP contribution in [0.2, 0.25) is 5.02 Å². The lowest BCUT2D eigenvalue weighted by atomic mass is 9.93. The Morgan fingerprint density at radius 1 is 1.19 bits per heavy atom. The van der Waals surface area contributed by atoms with Crippen molar-refractivity contribution in [3.8, 4) is 0 Å². The molecule has 0 saturated carbocycles. The number of nitrogens with zero attached hydrogens (tertiary/aromatic N) is 1. The normalized spacial score (nSPS) is 18.4. The van der Waals surface area contributed by atoms with Crippen LogP contribution in [0.15, 0.2) is 54.6 Å². The van der Waals surface area contributed by atoms with Gasteiger partial charge < -0.3 is 10.0 Å². The van der Waals surface area contributed by atoms with E-state index in [9.17, 15) is 9.90 Å². The van der Waals surface area contributed by atoms with E-state index in [0.29, 0.717) is 6.54 Å². The Morgan fingerprint density at radius 2 is 1.89 bits per heavy atom. The Hall–Kier alpha value is -2.10. The summed E-state index contributed by atoms with van der Waals surface area (Å²) < 4.78 is 0. The molecule has 3 rings (SSSR count). The number of hydrogen-bond donors (Lipinski definition) is 1. The van der Waals surface area contributed by atoms with Gasteiger partial charge in [0.05, 0.1) is 5.92 Å². The van der Waals surface area contributed by atoms with Crippen LogP contribution in [-0.4, -0.2) is 35.6 Å². The van der Waals surface area contributed by atoms with Crippen molar-refractivity contribution in [3.63, 3.8) is 0 Å². The predicted molar refractivity (Wildman–Crippen MR) is 111 cm³/mol. The molecule has 2 aromatic carbocycles. The molecule has 3 nitrogen and oxygen atoms in total. The summed E-state index contributed by atoms with van der Waals surface area (Å²) in [6.07, 6.45) is 4.85. The molecular formula is C23H26ClNO2. The van der Waals surface area contributed by atoms with Crippen LogP contribution >= 0.6 is 11.6 Å². The van der Waals surface area contributed by atoms with Crippen molar-refractivity contribution >= 4 is 23.1 Å². The van der Waals surface area contributed by atoms with E-state index in [-0.39, 0.29) is 5.92 Å². The van der Waals surface area contributed by atoms with Crippen LogP contribution in [0.4, 0.5) is 0 Å². The van der Waals surface area contributed by atoms with E-state index >= 15 is 0 Å². The number of halogens is 1. The number of piperidine rings is 1. The molecule has 0 unspecified atom stereocenters. The van der Waals surface area contributed by atoms with Gasteiger partial charge in [0, 0.05) is 23.7 Å². The lowest BCUT2D eigenvalue weighted by Crippen LogP contribution is -2.39. The van der Waals surface area contributed by atoms with E-state index in [4.69, 9.17) is 11.6 Å². The number of benzene rings is 2. The number of carboxylic acid groups (broad SMARTS) is 1. The zero-order valence-corrected chi connectivity index (χ0v) is 16.5. The van der Waals surface area contributed by atoms with Gasteiger partial charge in [0.2, 0.25) is 0 Å². The van der Waals surface area contributed by atoms with Crippen LogP contribution in [-0.2, 0) is 4.79 Å². The highest BCUT2D eigenvalue weighted by atomic mass is 35.5. The fraction of sp³-hybridized carbons (Fsp3) is 0.348. The zero-order valence-electron chi connectivity index (χ0n) is 15.7. The van der Waals surface area contributed by atoms with Crippen LogP contribution in [0.1, 0.15) is 36.0 Å². The first-order chi connectivity index (χ1) is 13.1. The molecule has 2 aromatic rings.